The van der Waals surface area contributed by atoms with Gasteiger partial charge in [-0.25, -0.2) is 0 Å². The Morgan fingerprint density at radius 3 is 2.53 bits per heavy atom. The molecule has 3 N–H and O–H groups in total. The minimum atomic E-state index is -0.474. The van der Waals surface area contributed by atoms with Crippen LogP contribution in [-0.2, 0) is 0 Å². The van der Waals surface area contributed by atoms with Gasteiger partial charge in [0.25, 0.3) is 0 Å². The molecule has 0 bridgehead atoms. The summed E-state index contributed by atoms with van der Waals surface area (Å²) in [6, 6.07) is 0. The van der Waals surface area contributed by atoms with E-state index in [9.17, 15) is 5.11 Å². The SMILES string of the molecule is CCN1CCCCC(O)(CCN)CCC1. The lowest BCUT2D eigenvalue weighted by Gasteiger charge is -2.27. The summed E-state index contributed by atoms with van der Waals surface area (Å²) in [6.45, 7) is 6.27. The average Bonchev–Trinajstić information content (AvgIpc) is 2.29. The summed E-state index contributed by atoms with van der Waals surface area (Å²) >= 11 is 0. The summed E-state index contributed by atoms with van der Waals surface area (Å²) in [7, 11) is 0. The fraction of sp³-hybridized carbons (Fsp3) is 1.00. The summed E-state index contributed by atoms with van der Waals surface area (Å²) in [6.07, 6.45) is 6.06. The number of nitrogens with zero attached hydrogens (tertiary/aromatic N) is 1. The van der Waals surface area contributed by atoms with E-state index < -0.39 is 5.60 Å². The molecule has 0 saturated carbocycles. The van der Waals surface area contributed by atoms with Crippen LogP contribution in [0.2, 0.25) is 0 Å². The molecular weight excluding hydrogens is 188 g/mol. The molecule has 1 unspecified atom stereocenters. The molecular formula is C12H26N2O. The van der Waals surface area contributed by atoms with E-state index in [0.29, 0.717) is 6.54 Å². The molecule has 1 aliphatic heterocycles. The van der Waals surface area contributed by atoms with E-state index in [1.54, 1.807) is 0 Å². The van der Waals surface area contributed by atoms with Crippen LogP contribution in [0.4, 0.5) is 0 Å². The fourth-order valence-electron chi connectivity index (χ4n) is 2.49. The molecule has 1 heterocycles. The second kappa shape index (κ2) is 6.46. The largest absolute Gasteiger partial charge is 0.390 e. The lowest BCUT2D eigenvalue weighted by molar-refractivity contribution is 0.0137. The lowest BCUT2D eigenvalue weighted by atomic mass is 9.88. The number of nitrogens with two attached hydrogens (primary N) is 1. The summed E-state index contributed by atoms with van der Waals surface area (Å²) in [4.78, 5) is 2.48. The molecule has 0 aliphatic carbocycles. The molecule has 1 saturated heterocycles. The van der Waals surface area contributed by atoms with Crippen molar-refractivity contribution in [3.05, 3.63) is 0 Å². The van der Waals surface area contributed by atoms with Gasteiger partial charge < -0.3 is 15.7 Å². The summed E-state index contributed by atoms with van der Waals surface area (Å²) in [5.41, 5.74) is 5.08. The molecule has 90 valence electrons. The number of hydrogen-bond acceptors (Lipinski definition) is 3. The van der Waals surface area contributed by atoms with E-state index in [1.165, 1.54) is 13.0 Å². The molecule has 3 nitrogen and oxygen atoms in total. The number of rotatable bonds is 3. The third kappa shape index (κ3) is 4.49. The Hall–Kier alpha value is -0.120. The first-order chi connectivity index (χ1) is 7.20. The Bertz CT molecular complexity index is 175. The first-order valence-electron chi connectivity index (χ1n) is 6.35. The zero-order valence-corrected chi connectivity index (χ0v) is 10.0. The molecule has 0 aromatic heterocycles. The fourth-order valence-corrected chi connectivity index (χ4v) is 2.49. The zero-order chi connectivity index (χ0) is 11.1. The second-order valence-electron chi connectivity index (χ2n) is 4.76. The van der Waals surface area contributed by atoms with Crippen LogP contribution >= 0.6 is 0 Å². The minimum absolute atomic E-state index is 0.474. The van der Waals surface area contributed by atoms with E-state index in [-0.39, 0.29) is 0 Å². The topological polar surface area (TPSA) is 49.5 Å². The van der Waals surface area contributed by atoms with E-state index in [2.05, 4.69) is 11.8 Å². The smallest absolute Gasteiger partial charge is 0.0660 e. The van der Waals surface area contributed by atoms with E-state index in [0.717, 1.165) is 45.2 Å². The lowest BCUT2D eigenvalue weighted by Crippen LogP contribution is -2.32. The predicted octanol–water partition coefficient (Wildman–Crippen LogP) is 1.35. The highest BCUT2D eigenvalue weighted by Gasteiger charge is 2.26. The maximum Gasteiger partial charge on any atom is 0.0660 e. The van der Waals surface area contributed by atoms with E-state index in [4.69, 9.17) is 5.73 Å². The highest BCUT2D eigenvalue weighted by atomic mass is 16.3. The quantitative estimate of drug-likeness (QED) is 0.745. The average molecular weight is 214 g/mol. The van der Waals surface area contributed by atoms with Gasteiger partial charge in [-0.2, -0.15) is 0 Å². The van der Waals surface area contributed by atoms with E-state index >= 15 is 0 Å². The molecule has 3 heteroatoms. The van der Waals surface area contributed by atoms with Gasteiger partial charge in [0.2, 0.25) is 0 Å². The van der Waals surface area contributed by atoms with Crippen molar-refractivity contribution in [3.63, 3.8) is 0 Å². The van der Waals surface area contributed by atoms with Crippen LogP contribution in [0.3, 0.4) is 0 Å². The molecule has 0 aromatic carbocycles. The van der Waals surface area contributed by atoms with Gasteiger partial charge in [-0.1, -0.05) is 6.92 Å². The first-order valence-corrected chi connectivity index (χ1v) is 6.35. The van der Waals surface area contributed by atoms with Gasteiger partial charge in [-0.05, 0) is 64.7 Å². The molecule has 1 rings (SSSR count). The Kier molecular flexibility index (Phi) is 5.58. The van der Waals surface area contributed by atoms with Crippen LogP contribution in [0.1, 0.15) is 45.4 Å². The predicted molar refractivity (Wildman–Crippen MR) is 63.8 cm³/mol. The van der Waals surface area contributed by atoms with Crippen LogP contribution in [0.5, 0.6) is 0 Å². The van der Waals surface area contributed by atoms with Gasteiger partial charge in [0, 0.05) is 0 Å². The van der Waals surface area contributed by atoms with Gasteiger partial charge >= 0.3 is 0 Å². The summed E-state index contributed by atoms with van der Waals surface area (Å²) < 4.78 is 0. The molecule has 0 amide bonds. The molecule has 1 aliphatic rings. The highest BCUT2D eigenvalue weighted by molar-refractivity contribution is 4.80. The third-order valence-corrected chi connectivity index (χ3v) is 3.54. The van der Waals surface area contributed by atoms with Crippen molar-refractivity contribution in [3.8, 4) is 0 Å². The van der Waals surface area contributed by atoms with Crippen LogP contribution < -0.4 is 5.73 Å². The normalized spacial score (nSPS) is 30.6. The van der Waals surface area contributed by atoms with Crippen LogP contribution in [0, 0.1) is 0 Å². The molecule has 0 aromatic rings. The van der Waals surface area contributed by atoms with Crippen molar-refractivity contribution in [2.24, 2.45) is 5.73 Å². The van der Waals surface area contributed by atoms with Crippen LogP contribution in [0.25, 0.3) is 0 Å². The highest BCUT2D eigenvalue weighted by Crippen LogP contribution is 2.25. The van der Waals surface area contributed by atoms with Gasteiger partial charge in [0.15, 0.2) is 0 Å². The van der Waals surface area contributed by atoms with Crippen molar-refractivity contribution in [2.45, 2.75) is 51.0 Å². The maximum atomic E-state index is 10.4. The Labute approximate surface area is 93.6 Å². The second-order valence-corrected chi connectivity index (χ2v) is 4.76. The number of aliphatic hydroxyl groups is 1. The Balaban J connectivity index is 2.44. The van der Waals surface area contributed by atoms with Gasteiger partial charge in [-0.3, -0.25) is 0 Å². The molecule has 1 atom stereocenters. The van der Waals surface area contributed by atoms with Gasteiger partial charge in [0.05, 0.1) is 5.60 Å². The van der Waals surface area contributed by atoms with Crippen molar-refractivity contribution in [1.29, 1.82) is 0 Å². The van der Waals surface area contributed by atoms with Crippen molar-refractivity contribution < 1.29 is 5.11 Å². The zero-order valence-electron chi connectivity index (χ0n) is 10.0. The molecule has 15 heavy (non-hydrogen) atoms. The van der Waals surface area contributed by atoms with Gasteiger partial charge in [-0.15, -0.1) is 0 Å². The summed E-state index contributed by atoms with van der Waals surface area (Å²) in [5.74, 6) is 0. The first kappa shape index (κ1) is 12.9. The Morgan fingerprint density at radius 2 is 1.87 bits per heavy atom. The Morgan fingerprint density at radius 1 is 1.20 bits per heavy atom. The van der Waals surface area contributed by atoms with Crippen molar-refractivity contribution in [1.82, 2.24) is 4.90 Å². The monoisotopic (exact) mass is 214 g/mol. The molecule has 0 spiro atoms. The molecule has 0 radical (unpaired) electrons. The molecule has 1 fully saturated rings. The third-order valence-electron chi connectivity index (χ3n) is 3.54. The summed E-state index contributed by atoms with van der Waals surface area (Å²) in [5, 5.41) is 10.4. The maximum absolute atomic E-state index is 10.4. The standard InChI is InChI=1S/C12H26N2O/c1-2-14-10-4-3-6-12(15,8-9-13)7-5-11-14/h15H,2-11,13H2,1H3. The van der Waals surface area contributed by atoms with Crippen LogP contribution in [-0.4, -0.2) is 41.8 Å². The van der Waals surface area contributed by atoms with Crippen molar-refractivity contribution in [2.75, 3.05) is 26.2 Å². The minimum Gasteiger partial charge on any atom is -0.390 e. The van der Waals surface area contributed by atoms with Crippen LogP contribution in [0.15, 0.2) is 0 Å². The van der Waals surface area contributed by atoms with Gasteiger partial charge in [0.1, 0.15) is 0 Å². The van der Waals surface area contributed by atoms with E-state index in [1.807, 2.05) is 0 Å². The number of hydrogen-bond donors (Lipinski definition) is 2. The van der Waals surface area contributed by atoms with Crippen molar-refractivity contribution >= 4 is 0 Å².